The largest absolute Gasteiger partial charge is 0.497 e. The van der Waals surface area contributed by atoms with E-state index >= 15 is 0 Å². The van der Waals surface area contributed by atoms with Gasteiger partial charge < -0.3 is 15.8 Å². The Labute approximate surface area is 110 Å². The monoisotopic (exact) mass is 248 g/mol. The average molecular weight is 248 g/mol. The highest BCUT2D eigenvalue weighted by atomic mass is 16.5. The highest BCUT2D eigenvalue weighted by Gasteiger charge is 2.40. The minimum Gasteiger partial charge on any atom is -0.497 e. The van der Waals surface area contributed by atoms with Gasteiger partial charge >= 0.3 is 0 Å². The van der Waals surface area contributed by atoms with E-state index in [1.54, 1.807) is 7.11 Å². The summed E-state index contributed by atoms with van der Waals surface area (Å²) in [6.45, 7) is 4.20. The average Bonchev–Trinajstić information content (AvgIpc) is 3.12. The third-order valence-corrected chi connectivity index (χ3v) is 3.90. The summed E-state index contributed by atoms with van der Waals surface area (Å²) in [6.07, 6.45) is 5.37. The van der Waals surface area contributed by atoms with Crippen LogP contribution in [0, 0.1) is 5.41 Å². The van der Waals surface area contributed by atoms with Gasteiger partial charge in [0.15, 0.2) is 0 Å². The summed E-state index contributed by atoms with van der Waals surface area (Å²) in [4.78, 5) is 0. The summed E-state index contributed by atoms with van der Waals surface area (Å²) >= 11 is 0. The molecule has 0 bridgehead atoms. The molecule has 0 radical (unpaired) electrons. The van der Waals surface area contributed by atoms with Crippen LogP contribution in [0.1, 0.15) is 38.2 Å². The smallest absolute Gasteiger partial charge is 0.119 e. The minimum absolute atomic E-state index is 0.586. The first kappa shape index (κ1) is 13.2. The van der Waals surface area contributed by atoms with Crippen molar-refractivity contribution in [1.82, 2.24) is 5.32 Å². The number of nitrogen functional groups attached to an aromatic ring is 1. The first-order valence-electron chi connectivity index (χ1n) is 6.82. The van der Waals surface area contributed by atoms with Gasteiger partial charge in [-0.05, 0) is 48.4 Å². The second-order valence-corrected chi connectivity index (χ2v) is 5.42. The molecule has 0 amide bonds. The van der Waals surface area contributed by atoms with Crippen LogP contribution in [0.15, 0.2) is 18.2 Å². The summed E-state index contributed by atoms with van der Waals surface area (Å²) in [5, 5.41) is 3.55. The molecular weight excluding hydrogens is 224 g/mol. The molecule has 100 valence electrons. The molecule has 18 heavy (non-hydrogen) atoms. The SMILES string of the molecule is CCCC1(CNCc2cc(OC)ccc2N)CC1. The van der Waals surface area contributed by atoms with Crippen molar-refractivity contribution in [3.05, 3.63) is 23.8 Å². The van der Waals surface area contributed by atoms with Crippen molar-refractivity contribution in [2.45, 2.75) is 39.2 Å². The number of hydrogen-bond acceptors (Lipinski definition) is 3. The Morgan fingerprint density at radius 1 is 1.39 bits per heavy atom. The van der Waals surface area contributed by atoms with Crippen LogP contribution in [0.5, 0.6) is 5.75 Å². The molecule has 1 aromatic rings. The van der Waals surface area contributed by atoms with Crippen LogP contribution >= 0.6 is 0 Å². The lowest BCUT2D eigenvalue weighted by Gasteiger charge is -2.16. The number of rotatable bonds is 7. The molecule has 0 unspecified atom stereocenters. The molecular formula is C15H24N2O. The van der Waals surface area contributed by atoms with Gasteiger partial charge in [0.25, 0.3) is 0 Å². The van der Waals surface area contributed by atoms with E-state index in [0.29, 0.717) is 5.41 Å². The fourth-order valence-electron chi connectivity index (χ4n) is 2.55. The predicted octanol–water partition coefficient (Wildman–Crippen LogP) is 2.95. The van der Waals surface area contributed by atoms with Gasteiger partial charge in [0, 0.05) is 18.8 Å². The van der Waals surface area contributed by atoms with Crippen molar-refractivity contribution in [1.29, 1.82) is 0 Å². The Morgan fingerprint density at radius 3 is 2.78 bits per heavy atom. The van der Waals surface area contributed by atoms with E-state index in [1.807, 2.05) is 18.2 Å². The molecule has 0 aromatic heterocycles. The maximum atomic E-state index is 5.97. The summed E-state index contributed by atoms with van der Waals surface area (Å²) < 4.78 is 5.22. The van der Waals surface area contributed by atoms with Crippen LogP contribution in [-0.4, -0.2) is 13.7 Å². The van der Waals surface area contributed by atoms with Crippen LogP contribution in [0.2, 0.25) is 0 Å². The van der Waals surface area contributed by atoms with Crippen LogP contribution < -0.4 is 15.8 Å². The highest BCUT2D eigenvalue weighted by Crippen LogP contribution is 2.48. The van der Waals surface area contributed by atoms with E-state index in [9.17, 15) is 0 Å². The van der Waals surface area contributed by atoms with Gasteiger partial charge in [-0.3, -0.25) is 0 Å². The molecule has 3 nitrogen and oxygen atoms in total. The molecule has 1 fully saturated rings. The van der Waals surface area contributed by atoms with E-state index in [1.165, 1.54) is 25.7 Å². The lowest BCUT2D eigenvalue weighted by Crippen LogP contribution is -2.24. The number of hydrogen-bond donors (Lipinski definition) is 2. The highest BCUT2D eigenvalue weighted by molar-refractivity contribution is 5.50. The van der Waals surface area contributed by atoms with Gasteiger partial charge in [0.2, 0.25) is 0 Å². The molecule has 1 aliphatic carbocycles. The van der Waals surface area contributed by atoms with E-state index in [2.05, 4.69) is 12.2 Å². The summed E-state index contributed by atoms with van der Waals surface area (Å²) in [7, 11) is 1.68. The van der Waals surface area contributed by atoms with Gasteiger partial charge in [0.05, 0.1) is 7.11 Å². The van der Waals surface area contributed by atoms with Crippen molar-refractivity contribution in [3.8, 4) is 5.75 Å². The van der Waals surface area contributed by atoms with Gasteiger partial charge in [-0.1, -0.05) is 13.3 Å². The van der Waals surface area contributed by atoms with Crippen molar-refractivity contribution in [3.63, 3.8) is 0 Å². The molecule has 1 saturated carbocycles. The Morgan fingerprint density at radius 2 is 2.17 bits per heavy atom. The minimum atomic E-state index is 0.586. The van der Waals surface area contributed by atoms with Crippen LogP contribution in [-0.2, 0) is 6.54 Å². The molecule has 1 aromatic carbocycles. The van der Waals surface area contributed by atoms with E-state index in [-0.39, 0.29) is 0 Å². The van der Waals surface area contributed by atoms with Crippen LogP contribution in [0.4, 0.5) is 5.69 Å². The van der Waals surface area contributed by atoms with Crippen molar-refractivity contribution in [2.75, 3.05) is 19.4 Å². The molecule has 0 saturated heterocycles. The van der Waals surface area contributed by atoms with Gasteiger partial charge in [0.1, 0.15) is 5.75 Å². The van der Waals surface area contributed by atoms with Crippen LogP contribution in [0.25, 0.3) is 0 Å². The topological polar surface area (TPSA) is 47.3 Å². The first-order chi connectivity index (χ1) is 8.69. The molecule has 0 heterocycles. The normalized spacial score (nSPS) is 16.6. The fraction of sp³-hybridized carbons (Fsp3) is 0.600. The van der Waals surface area contributed by atoms with E-state index < -0.39 is 0 Å². The summed E-state index contributed by atoms with van der Waals surface area (Å²) in [5.74, 6) is 0.871. The zero-order chi connectivity index (χ0) is 13.0. The Kier molecular flexibility index (Phi) is 4.12. The number of ether oxygens (including phenoxy) is 1. The third-order valence-electron chi connectivity index (χ3n) is 3.90. The summed E-state index contributed by atoms with van der Waals surface area (Å²) in [6, 6.07) is 5.83. The lowest BCUT2D eigenvalue weighted by molar-refractivity contribution is 0.411. The van der Waals surface area contributed by atoms with Crippen LogP contribution in [0.3, 0.4) is 0 Å². The fourth-order valence-corrected chi connectivity index (χ4v) is 2.55. The zero-order valence-corrected chi connectivity index (χ0v) is 11.5. The molecule has 3 heteroatoms. The molecule has 3 N–H and O–H groups in total. The maximum absolute atomic E-state index is 5.97. The predicted molar refractivity (Wildman–Crippen MR) is 75.7 cm³/mol. The molecule has 0 atom stereocenters. The number of anilines is 1. The second kappa shape index (κ2) is 5.61. The number of benzene rings is 1. The quantitative estimate of drug-likeness (QED) is 0.729. The van der Waals surface area contributed by atoms with Crippen molar-refractivity contribution >= 4 is 5.69 Å². The first-order valence-corrected chi connectivity index (χ1v) is 6.82. The van der Waals surface area contributed by atoms with Gasteiger partial charge in [-0.2, -0.15) is 0 Å². The molecule has 0 aliphatic heterocycles. The third kappa shape index (κ3) is 3.16. The Hall–Kier alpha value is -1.22. The van der Waals surface area contributed by atoms with E-state index in [4.69, 9.17) is 10.5 Å². The molecule has 1 aliphatic rings. The maximum Gasteiger partial charge on any atom is 0.119 e. The second-order valence-electron chi connectivity index (χ2n) is 5.42. The number of methoxy groups -OCH3 is 1. The molecule has 2 rings (SSSR count). The molecule has 0 spiro atoms. The van der Waals surface area contributed by atoms with E-state index in [0.717, 1.165) is 30.1 Å². The van der Waals surface area contributed by atoms with Crippen molar-refractivity contribution in [2.24, 2.45) is 5.41 Å². The number of nitrogens with one attached hydrogen (secondary N) is 1. The van der Waals surface area contributed by atoms with Gasteiger partial charge in [-0.25, -0.2) is 0 Å². The summed E-state index contributed by atoms with van der Waals surface area (Å²) in [5.41, 5.74) is 8.52. The standard InChI is InChI=1S/C15H24N2O/c1-3-6-15(7-8-15)11-17-10-12-9-13(18-2)4-5-14(12)16/h4-5,9,17H,3,6-8,10-11,16H2,1-2H3. The zero-order valence-electron chi connectivity index (χ0n) is 11.5. The van der Waals surface area contributed by atoms with Gasteiger partial charge in [-0.15, -0.1) is 0 Å². The van der Waals surface area contributed by atoms with Crippen molar-refractivity contribution < 1.29 is 4.74 Å². The Bertz CT molecular complexity index is 399. The lowest BCUT2D eigenvalue weighted by atomic mass is 10.0. The number of nitrogens with two attached hydrogens (primary N) is 1. The Balaban J connectivity index is 1.86.